The van der Waals surface area contributed by atoms with Crippen molar-refractivity contribution in [3.05, 3.63) is 29.8 Å². The number of carboxylic acid groups (broad SMARTS) is 1. The Morgan fingerprint density at radius 1 is 1.32 bits per heavy atom. The van der Waals surface area contributed by atoms with Crippen molar-refractivity contribution in [2.75, 3.05) is 33.4 Å². The third-order valence-electron chi connectivity index (χ3n) is 5.03. The van der Waals surface area contributed by atoms with Crippen molar-refractivity contribution in [2.24, 2.45) is 11.3 Å². The number of hydrogen-bond acceptors (Lipinski definition) is 4. The average Bonchev–Trinajstić information content (AvgIpc) is 3.44. The number of hydrogen-bond donors (Lipinski definition) is 1. The molecule has 136 valence electrons. The van der Waals surface area contributed by atoms with Gasteiger partial charge >= 0.3 is 5.97 Å². The predicted molar refractivity (Wildman–Crippen MR) is 91.7 cm³/mol. The molecule has 1 aliphatic carbocycles. The highest BCUT2D eigenvalue weighted by atomic mass is 16.5. The summed E-state index contributed by atoms with van der Waals surface area (Å²) in [4.78, 5) is 26.4. The minimum atomic E-state index is -1.04. The van der Waals surface area contributed by atoms with Crippen LogP contribution >= 0.6 is 0 Å². The molecule has 0 spiro atoms. The first-order valence-corrected chi connectivity index (χ1v) is 8.79. The molecule has 1 atom stereocenters. The van der Waals surface area contributed by atoms with E-state index in [2.05, 4.69) is 0 Å². The smallest absolute Gasteiger partial charge is 0.313 e. The zero-order valence-electron chi connectivity index (χ0n) is 14.6. The molecule has 1 saturated heterocycles. The Kier molecular flexibility index (Phi) is 5.27. The summed E-state index contributed by atoms with van der Waals surface area (Å²) in [5.41, 5.74) is -0.534. The van der Waals surface area contributed by atoms with Gasteiger partial charge in [0.05, 0.1) is 18.8 Å². The van der Waals surface area contributed by atoms with Crippen molar-refractivity contribution in [2.45, 2.75) is 25.7 Å². The highest BCUT2D eigenvalue weighted by molar-refractivity contribution is 5.97. The molecule has 1 unspecified atom stereocenters. The lowest BCUT2D eigenvalue weighted by Crippen LogP contribution is -2.52. The Balaban J connectivity index is 1.76. The number of nitrogens with zero attached hydrogens (tertiary/aromatic N) is 1. The molecular formula is C19H25NO5. The molecule has 1 amide bonds. The third-order valence-corrected chi connectivity index (χ3v) is 5.03. The molecule has 6 heteroatoms. The number of likely N-dealkylation sites (tertiary alicyclic amines) is 1. The maximum Gasteiger partial charge on any atom is 0.313 e. The zero-order valence-corrected chi connectivity index (χ0v) is 14.6. The standard InChI is InChI=1S/C19H25NO5/c1-24-13-19(18(22)23)9-4-10-20(12-19)17(21)15-5-2-3-6-16(15)25-11-14-7-8-14/h2-3,5-6,14H,4,7-13H2,1H3,(H,22,23). The molecule has 25 heavy (non-hydrogen) atoms. The van der Waals surface area contributed by atoms with Crippen LogP contribution in [0, 0.1) is 11.3 Å². The van der Waals surface area contributed by atoms with Crippen LogP contribution in [-0.2, 0) is 9.53 Å². The highest BCUT2D eigenvalue weighted by Gasteiger charge is 2.44. The predicted octanol–water partition coefficient (Wildman–Crippen LogP) is 2.43. The number of rotatable bonds is 7. The Bertz CT molecular complexity index is 638. The van der Waals surface area contributed by atoms with Crippen molar-refractivity contribution in [3.8, 4) is 5.75 Å². The highest BCUT2D eigenvalue weighted by Crippen LogP contribution is 2.33. The second-order valence-electron chi connectivity index (χ2n) is 7.10. The largest absolute Gasteiger partial charge is 0.492 e. The van der Waals surface area contributed by atoms with Gasteiger partial charge in [-0.15, -0.1) is 0 Å². The van der Waals surface area contributed by atoms with Crippen LogP contribution in [0.1, 0.15) is 36.0 Å². The average molecular weight is 347 g/mol. The topological polar surface area (TPSA) is 76.1 Å². The maximum atomic E-state index is 13.0. The third kappa shape index (κ3) is 3.95. The number of amides is 1. The molecule has 0 bridgehead atoms. The maximum absolute atomic E-state index is 13.0. The van der Waals surface area contributed by atoms with Crippen LogP contribution in [0.2, 0.25) is 0 Å². The lowest BCUT2D eigenvalue weighted by atomic mass is 9.80. The van der Waals surface area contributed by atoms with E-state index in [1.54, 1.807) is 23.1 Å². The quantitative estimate of drug-likeness (QED) is 0.820. The first kappa shape index (κ1) is 17.7. The van der Waals surface area contributed by atoms with E-state index < -0.39 is 11.4 Å². The molecule has 3 rings (SSSR count). The van der Waals surface area contributed by atoms with Crippen molar-refractivity contribution in [1.82, 2.24) is 4.90 Å². The van der Waals surface area contributed by atoms with E-state index in [0.717, 1.165) is 0 Å². The van der Waals surface area contributed by atoms with Crippen LogP contribution in [0.15, 0.2) is 24.3 Å². The summed E-state index contributed by atoms with van der Waals surface area (Å²) in [5.74, 6) is 0.0927. The van der Waals surface area contributed by atoms with E-state index in [1.807, 2.05) is 6.07 Å². The second kappa shape index (κ2) is 7.44. The molecule has 1 heterocycles. The van der Waals surface area contributed by atoms with Gasteiger partial charge in [-0.2, -0.15) is 0 Å². The fourth-order valence-corrected chi connectivity index (χ4v) is 3.37. The summed E-state index contributed by atoms with van der Waals surface area (Å²) >= 11 is 0. The van der Waals surface area contributed by atoms with Gasteiger partial charge < -0.3 is 19.5 Å². The molecule has 1 aromatic carbocycles. The van der Waals surface area contributed by atoms with Crippen LogP contribution in [-0.4, -0.2) is 55.3 Å². The second-order valence-corrected chi connectivity index (χ2v) is 7.10. The number of piperidine rings is 1. The van der Waals surface area contributed by atoms with Crippen molar-refractivity contribution < 1.29 is 24.2 Å². The van der Waals surface area contributed by atoms with Crippen molar-refractivity contribution in [1.29, 1.82) is 0 Å². The number of benzene rings is 1. The Morgan fingerprint density at radius 2 is 2.08 bits per heavy atom. The lowest BCUT2D eigenvalue weighted by Gasteiger charge is -2.39. The van der Waals surface area contributed by atoms with Gasteiger partial charge in [0.1, 0.15) is 11.2 Å². The van der Waals surface area contributed by atoms with Crippen molar-refractivity contribution >= 4 is 11.9 Å². The normalized spacial score (nSPS) is 23.3. The summed E-state index contributed by atoms with van der Waals surface area (Å²) in [6, 6.07) is 7.21. The number of para-hydroxylation sites is 1. The minimum Gasteiger partial charge on any atom is -0.492 e. The van der Waals surface area contributed by atoms with Gasteiger partial charge in [-0.25, -0.2) is 0 Å². The van der Waals surface area contributed by atoms with E-state index in [-0.39, 0.29) is 19.1 Å². The van der Waals surface area contributed by atoms with E-state index in [1.165, 1.54) is 20.0 Å². The molecule has 1 aromatic rings. The van der Waals surface area contributed by atoms with Crippen LogP contribution in [0.25, 0.3) is 0 Å². The molecule has 2 aliphatic rings. The first-order chi connectivity index (χ1) is 12.1. The van der Waals surface area contributed by atoms with E-state index in [0.29, 0.717) is 43.2 Å². The Labute approximate surface area is 147 Å². The monoisotopic (exact) mass is 347 g/mol. The molecule has 1 saturated carbocycles. The molecule has 0 aromatic heterocycles. The number of carbonyl (C=O) groups excluding carboxylic acids is 1. The minimum absolute atomic E-state index is 0.103. The molecular weight excluding hydrogens is 322 g/mol. The fourth-order valence-electron chi connectivity index (χ4n) is 3.37. The van der Waals surface area contributed by atoms with Crippen LogP contribution in [0.5, 0.6) is 5.75 Å². The van der Waals surface area contributed by atoms with Gasteiger partial charge in [0, 0.05) is 20.2 Å². The van der Waals surface area contributed by atoms with Gasteiger partial charge in [-0.1, -0.05) is 12.1 Å². The van der Waals surface area contributed by atoms with Gasteiger partial charge in [0.15, 0.2) is 0 Å². The number of aliphatic carboxylic acids is 1. The number of carbonyl (C=O) groups is 2. The van der Waals surface area contributed by atoms with Gasteiger partial charge in [-0.05, 0) is 43.7 Å². The fraction of sp³-hybridized carbons (Fsp3) is 0.579. The van der Waals surface area contributed by atoms with Gasteiger partial charge in [-0.3, -0.25) is 9.59 Å². The van der Waals surface area contributed by atoms with Crippen LogP contribution < -0.4 is 4.74 Å². The summed E-state index contributed by atoms with van der Waals surface area (Å²) in [6.45, 7) is 1.44. The van der Waals surface area contributed by atoms with Crippen LogP contribution in [0.4, 0.5) is 0 Å². The molecule has 2 fully saturated rings. The number of ether oxygens (including phenoxy) is 2. The summed E-state index contributed by atoms with van der Waals surface area (Å²) in [7, 11) is 1.49. The molecule has 0 radical (unpaired) electrons. The van der Waals surface area contributed by atoms with E-state index in [4.69, 9.17) is 9.47 Å². The van der Waals surface area contributed by atoms with Gasteiger partial charge in [0.25, 0.3) is 5.91 Å². The number of carboxylic acids is 1. The summed E-state index contributed by atoms with van der Waals surface area (Å²) < 4.78 is 11.0. The number of methoxy groups -OCH3 is 1. The molecule has 1 N–H and O–H groups in total. The summed E-state index contributed by atoms with van der Waals surface area (Å²) in [5, 5.41) is 9.65. The first-order valence-electron chi connectivity index (χ1n) is 8.79. The van der Waals surface area contributed by atoms with Gasteiger partial charge in [0.2, 0.25) is 0 Å². The van der Waals surface area contributed by atoms with E-state index >= 15 is 0 Å². The Morgan fingerprint density at radius 3 is 2.76 bits per heavy atom. The SMILES string of the molecule is COCC1(C(=O)O)CCCN(C(=O)c2ccccc2OCC2CC2)C1. The lowest BCUT2D eigenvalue weighted by molar-refractivity contribution is -0.155. The van der Waals surface area contributed by atoms with Crippen molar-refractivity contribution in [3.63, 3.8) is 0 Å². The Hall–Kier alpha value is -2.08. The summed E-state index contributed by atoms with van der Waals surface area (Å²) in [6.07, 6.45) is 3.52. The van der Waals surface area contributed by atoms with Crippen LogP contribution in [0.3, 0.4) is 0 Å². The zero-order chi connectivity index (χ0) is 17.9. The van der Waals surface area contributed by atoms with E-state index in [9.17, 15) is 14.7 Å². The molecule has 6 nitrogen and oxygen atoms in total. The molecule has 1 aliphatic heterocycles.